The Morgan fingerprint density at radius 1 is 0.610 bits per heavy atom. The van der Waals surface area contributed by atoms with E-state index in [2.05, 4.69) is 36.9 Å². The highest BCUT2D eigenvalue weighted by molar-refractivity contribution is 5.97. The van der Waals surface area contributed by atoms with Crippen molar-refractivity contribution < 1.29 is 58.5 Å². The van der Waals surface area contributed by atoms with Gasteiger partial charge in [-0.25, -0.2) is 4.79 Å². The first-order chi connectivity index (χ1) is 27.5. The number of guanidine groups is 1. The smallest absolute Gasteiger partial charge is 0.326 e. The molecule has 0 heterocycles. The lowest BCUT2D eigenvalue weighted by molar-refractivity contribution is -0.144. The van der Waals surface area contributed by atoms with E-state index in [1.54, 1.807) is 13.8 Å². The molecule has 59 heavy (non-hydrogen) atoms. The Labute approximate surface area is 342 Å². The van der Waals surface area contributed by atoms with Crippen LogP contribution in [0.1, 0.15) is 85.5 Å². The standard InChI is InChI=1S/C35H64N12O12/c1-17(2)14-19(37)28(52)42-22(10-11-26(50)51)31(55)47-27(18(3)4)33(57)46-24(16-48)32(56)44-21(9-7-13-41-35(39)40)29(53)43-20(8-5-6-12-36)30(54)45-23(34(58)59)15-25(38)49/h17-24,27,48H,5-16,36-37H2,1-4H3,(H2,38,49)(H,42,52)(H,43,53)(H,44,56)(H,45,54)(H,46,57)(H,47,55)(H,50,51)(H,58,59)(H4,39,40,41)/t19-,20-,21-,22-,23-,24-,27-/m0/s1. The number of aliphatic hydroxyl groups excluding tert-OH is 1. The SMILES string of the molecule is CC(C)C[C@H](N)C(=O)N[C@@H](CCC(=O)O)C(=O)N[C@H](C(=O)N[C@@H](CO)C(=O)N[C@@H](CCCN=C(N)N)C(=O)N[C@@H](CCCCN)C(=O)N[C@@H](CC(N)=O)C(=O)O)C(C)C. The maximum absolute atomic E-state index is 13.7. The van der Waals surface area contributed by atoms with Gasteiger partial charge in [-0.3, -0.25) is 43.3 Å². The van der Waals surface area contributed by atoms with Crippen LogP contribution < -0.4 is 60.6 Å². The second-order valence-corrected chi connectivity index (χ2v) is 14.6. The summed E-state index contributed by atoms with van der Waals surface area (Å²) in [5.74, 6) is -10.3. The summed E-state index contributed by atoms with van der Waals surface area (Å²) in [6.07, 6.45) is -0.683. The Morgan fingerprint density at radius 2 is 1.08 bits per heavy atom. The van der Waals surface area contributed by atoms with E-state index in [-0.39, 0.29) is 57.1 Å². The van der Waals surface area contributed by atoms with E-state index >= 15 is 0 Å². The molecule has 0 bridgehead atoms. The number of aliphatic hydroxyl groups is 1. The first-order valence-electron chi connectivity index (χ1n) is 19.2. The first-order valence-corrected chi connectivity index (χ1v) is 19.2. The molecule has 0 aromatic heterocycles. The molecule has 0 saturated carbocycles. The van der Waals surface area contributed by atoms with Crippen LogP contribution in [0.4, 0.5) is 0 Å². The molecule has 7 atom stereocenters. The molecule has 0 fully saturated rings. The zero-order chi connectivity index (χ0) is 45.4. The van der Waals surface area contributed by atoms with Gasteiger partial charge in [0.1, 0.15) is 36.3 Å². The number of carboxylic acids is 2. The predicted octanol–water partition coefficient (Wildman–Crippen LogP) is -5.08. The molecule has 0 radical (unpaired) electrons. The molecule has 0 aromatic rings. The summed E-state index contributed by atoms with van der Waals surface area (Å²) in [5.41, 5.74) is 27.4. The molecule has 0 rings (SSSR count). The number of carboxylic acid groups (broad SMARTS) is 2. The van der Waals surface area contributed by atoms with Gasteiger partial charge >= 0.3 is 11.9 Å². The highest BCUT2D eigenvalue weighted by atomic mass is 16.4. The fraction of sp³-hybridized carbons (Fsp3) is 0.714. The van der Waals surface area contributed by atoms with Crippen molar-refractivity contribution in [2.24, 2.45) is 45.5 Å². The van der Waals surface area contributed by atoms with Crippen molar-refractivity contribution >= 4 is 59.2 Å². The lowest BCUT2D eigenvalue weighted by Gasteiger charge is -2.28. The van der Waals surface area contributed by atoms with Crippen LogP contribution in [0.15, 0.2) is 4.99 Å². The molecule has 7 amide bonds. The number of aliphatic carboxylic acids is 2. The number of rotatable bonds is 30. The average Bonchev–Trinajstić information content (AvgIpc) is 3.13. The van der Waals surface area contributed by atoms with Crippen LogP contribution in [0.2, 0.25) is 0 Å². The average molecular weight is 845 g/mol. The molecule has 0 spiro atoms. The van der Waals surface area contributed by atoms with E-state index in [1.165, 1.54) is 0 Å². The molecule has 0 aromatic carbocycles. The Kier molecular flexibility index (Phi) is 25.3. The highest BCUT2D eigenvalue weighted by Gasteiger charge is 2.34. The Balaban J connectivity index is 6.30. The third-order valence-electron chi connectivity index (χ3n) is 8.58. The minimum atomic E-state index is -1.71. The zero-order valence-corrected chi connectivity index (χ0v) is 34.0. The van der Waals surface area contributed by atoms with Gasteiger partial charge in [-0.1, -0.05) is 27.7 Å². The van der Waals surface area contributed by atoms with Crippen molar-refractivity contribution in [1.29, 1.82) is 0 Å². The number of hydrogen-bond acceptors (Lipinski definition) is 13. The largest absolute Gasteiger partial charge is 0.481 e. The van der Waals surface area contributed by atoms with Crippen LogP contribution in [-0.2, 0) is 43.2 Å². The zero-order valence-electron chi connectivity index (χ0n) is 34.0. The molecular formula is C35H64N12O12. The van der Waals surface area contributed by atoms with Crippen molar-refractivity contribution in [3.8, 4) is 0 Å². The number of carbonyl (C=O) groups excluding carboxylic acids is 7. The van der Waals surface area contributed by atoms with E-state index in [1.807, 2.05) is 13.8 Å². The molecular weight excluding hydrogens is 780 g/mol. The molecule has 336 valence electrons. The van der Waals surface area contributed by atoms with Crippen LogP contribution in [0.3, 0.4) is 0 Å². The van der Waals surface area contributed by atoms with E-state index < -0.39 is 121 Å². The van der Waals surface area contributed by atoms with Gasteiger partial charge < -0.3 is 75.9 Å². The van der Waals surface area contributed by atoms with Gasteiger partial charge in [-0.05, 0) is 63.3 Å². The van der Waals surface area contributed by atoms with Crippen molar-refractivity contribution in [3.05, 3.63) is 0 Å². The third-order valence-corrected chi connectivity index (χ3v) is 8.58. The number of carbonyl (C=O) groups is 9. The molecule has 0 saturated heterocycles. The summed E-state index contributed by atoms with van der Waals surface area (Å²) in [7, 11) is 0. The molecule has 0 aliphatic carbocycles. The summed E-state index contributed by atoms with van der Waals surface area (Å²) in [4.78, 5) is 118. The minimum Gasteiger partial charge on any atom is -0.481 e. The lowest BCUT2D eigenvalue weighted by atomic mass is 10.0. The Morgan fingerprint density at radius 3 is 1.54 bits per heavy atom. The summed E-state index contributed by atoms with van der Waals surface area (Å²) in [5, 5.41) is 43.1. The highest BCUT2D eigenvalue weighted by Crippen LogP contribution is 2.10. The normalized spacial score (nSPS) is 14.6. The molecule has 0 aliphatic heterocycles. The first kappa shape index (κ1) is 53.4. The van der Waals surface area contributed by atoms with E-state index in [9.17, 15) is 58.5 Å². The van der Waals surface area contributed by atoms with E-state index in [0.29, 0.717) is 12.8 Å². The van der Waals surface area contributed by atoms with Crippen LogP contribution in [-0.4, -0.2) is 137 Å². The van der Waals surface area contributed by atoms with Gasteiger partial charge in [0.2, 0.25) is 41.4 Å². The molecule has 24 heteroatoms. The summed E-state index contributed by atoms with van der Waals surface area (Å²) in [6, 6.07) is -10.0. The van der Waals surface area contributed by atoms with E-state index in [4.69, 9.17) is 28.7 Å². The van der Waals surface area contributed by atoms with Gasteiger partial charge in [0.05, 0.1) is 19.1 Å². The third kappa shape index (κ3) is 22.2. The van der Waals surface area contributed by atoms with Gasteiger partial charge in [0.25, 0.3) is 0 Å². The van der Waals surface area contributed by atoms with Crippen molar-refractivity contribution in [3.63, 3.8) is 0 Å². The quantitative estimate of drug-likeness (QED) is 0.0183. The maximum Gasteiger partial charge on any atom is 0.326 e. The maximum atomic E-state index is 13.7. The number of nitrogens with two attached hydrogens (primary N) is 5. The van der Waals surface area contributed by atoms with Crippen molar-refractivity contribution in [2.45, 2.75) is 128 Å². The molecule has 0 aliphatic rings. The monoisotopic (exact) mass is 844 g/mol. The van der Waals surface area contributed by atoms with Crippen LogP contribution in [0, 0.1) is 11.8 Å². The summed E-state index contributed by atoms with van der Waals surface area (Å²) >= 11 is 0. The second kappa shape index (κ2) is 27.9. The molecule has 19 N–H and O–H groups in total. The number of nitrogens with one attached hydrogen (secondary N) is 6. The Hall–Kier alpha value is -5.62. The molecule has 0 unspecified atom stereocenters. The Bertz CT molecular complexity index is 1470. The van der Waals surface area contributed by atoms with Crippen LogP contribution in [0.5, 0.6) is 0 Å². The molecule has 24 nitrogen and oxygen atoms in total. The van der Waals surface area contributed by atoms with Crippen molar-refractivity contribution in [1.82, 2.24) is 31.9 Å². The number of nitrogens with zero attached hydrogens (tertiary/aromatic N) is 1. The number of aliphatic imine (C=N–C) groups is 1. The number of hydrogen-bond donors (Lipinski definition) is 14. The topological polar surface area (TPSA) is 429 Å². The van der Waals surface area contributed by atoms with Gasteiger partial charge in [0, 0.05) is 13.0 Å². The van der Waals surface area contributed by atoms with Crippen LogP contribution >= 0.6 is 0 Å². The van der Waals surface area contributed by atoms with Crippen molar-refractivity contribution in [2.75, 3.05) is 19.7 Å². The predicted molar refractivity (Wildman–Crippen MR) is 212 cm³/mol. The fourth-order valence-corrected chi connectivity index (χ4v) is 5.43. The summed E-state index contributed by atoms with van der Waals surface area (Å²) < 4.78 is 0. The second-order valence-electron chi connectivity index (χ2n) is 14.6. The minimum absolute atomic E-state index is 0.00329. The number of unbranched alkanes of at least 4 members (excludes halogenated alkanes) is 1. The number of amides is 7. The fourth-order valence-electron chi connectivity index (χ4n) is 5.43. The van der Waals surface area contributed by atoms with Crippen LogP contribution in [0.25, 0.3) is 0 Å². The number of primary amides is 1. The van der Waals surface area contributed by atoms with Gasteiger partial charge in [-0.15, -0.1) is 0 Å². The van der Waals surface area contributed by atoms with Gasteiger partial charge in [0.15, 0.2) is 5.96 Å². The van der Waals surface area contributed by atoms with Gasteiger partial charge in [-0.2, -0.15) is 0 Å². The van der Waals surface area contributed by atoms with E-state index in [0.717, 1.165) is 0 Å². The summed E-state index contributed by atoms with van der Waals surface area (Å²) in [6.45, 7) is 5.99. The lowest BCUT2D eigenvalue weighted by Crippen LogP contribution is -2.61.